The molecule has 1 fully saturated rings. The number of nitrogens with one attached hydrogen (secondary N) is 1. The number of rotatable bonds is 1. The molecule has 0 atom stereocenters. The fourth-order valence-electron chi connectivity index (χ4n) is 2.18. The van der Waals surface area contributed by atoms with Crippen LogP contribution in [0.15, 0.2) is 12.1 Å². The average molecular weight is 263 g/mol. The Morgan fingerprint density at radius 3 is 2.26 bits per heavy atom. The Balaban J connectivity index is 1.95. The van der Waals surface area contributed by atoms with Crippen LogP contribution in [0.4, 0.5) is 11.4 Å². The van der Waals surface area contributed by atoms with Gasteiger partial charge < -0.3 is 20.1 Å². The zero-order valence-electron chi connectivity index (χ0n) is 10.1. The Morgan fingerprint density at radius 1 is 1.05 bits per heavy atom. The second kappa shape index (κ2) is 4.34. The van der Waals surface area contributed by atoms with Gasteiger partial charge in [-0.1, -0.05) is 0 Å². The molecule has 2 heterocycles. The van der Waals surface area contributed by atoms with Crippen LogP contribution in [0, 0.1) is 0 Å². The number of nitrogen functional groups attached to an aromatic ring is 1. The minimum atomic E-state index is -0.342. The molecule has 0 aromatic heterocycles. The maximum absolute atomic E-state index is 11.4. The molecule has 1 saturated heterocycles. The largest absolute Gasteiger partial charge is 0.486 e. The van der Waals surface area contributed by atoms with Crippen LogP contribution >= 0.6 is 0 Å². The molecule has 0 saturated carbocycles. The van der Waals surface area contributed by atoms with Crippen LogP contribution in [0.2, 0.25) is 0 Å². The Bertz CT molecular complexity index is 542. The van der Waals surface area contributed by atoms with Crippen LogP contribution < -0.4 is 25.4 Å². The number of imide groups is 1. The topological polar surface area (TPSA) is 93.9 Å². The van der Waals surface area contributed by atoms with E-state index in [0.29, 0.717) is 36.1 Å². The maximum Gasteiger partial charge on any atom is 0.246 e. The first-order valence-corrected chi connectivity index (χ1v) is 5.90. The van der Waals surface area contributed by atoms with Crippen molar-refractivity contribution in [2.45, 2.75) is 0 Å². The maximum atomic E-state index is 11.4. The molecular weight excluding hydrogens is 250 g/mol. The first-order valence-electron chi connectivity index (χ1n) is 5.90. The lowest BCUT2D eigenvalue weighted by Crippen LogP contribution is -2.51. The Labute approximate surface area is 109 Å². The molecule has 7 nitrogen and oxygen atoms in total. The third-order valence-corrected chi connectivity index (χ3v) is 2.98. The van der Waals surface area contributed by atoms with Crippen molar-refractivity contribution in [2.24, 2.45) is 0 Å². The minimum Gasteiger partial charge on any atom is -0.486 e. The van der Waals surface area contributed by atoms with Crippen molar-refractivity contribution in [3.8, 4) is 11.5 Å². The highest BCUT2D eigenvalue weighted by Gasteiger charge is 2.25. The van der Waals surface area contributed by atoms with Gasteiger partial charge in [-0.05, 0) is 0 Å². The first kappa shape index (κ1) is 11.6. The van der Waals surface area contributed by atoms with Crippen molar-refractivity contribution in [1.29, 1.82) is 0 Å². The predicted octanol–water partition coefficient (Wildman–Crippen LogP) is -0.497. The lowest BCUT2D eigenvalue weighted by atomic mass is 10.2. The van der Waals surface area contributed by atoms with Gasteiger partial charge in [0.05, 0.1) is 24.5 Å². The smallest absolute Gasteiger partial charge is 0.246 e. The van der Waals surface area contributed by atoms with Crippen LogP contribution in [0.25, 0.3) is 0 Å². The van der Waals surface area contributed by atoms with Crippen molar-refractivity contribution in [3.63, 3.8) is 0 Å². The summed E-state index contributed by atoms with van der Waals surface area (Å²) < 4.78 is 10.9. The zero-order chi connectivity index (χ0) is 13.4. The number of nitrogens with zero attached hydrogens (tertiary/aromatic N) is 1. The van der Waals surface area contributed by atoms with Crippen LogP contribution in [0.3, 0.4) is 0 Å². The van der Waals surface area contributed by atoms with Gasteiger partial charge in [-0.3, -0.25) is 14.9 Å². The molecule has 2 aliphatic heterocycles. The molecule has 2 amide bonds. The standard InChI is InChI=1S/C12H13N3O4/c13-7-3-9-10(19-2-1-18-9)4-8(7)15-5-11(16)14-12(17)6-15/h3-4H,1-2,5-6,13H2,(H,14,16,17). The number of benzene rings is 1. The number of fused-ring (bicyclic) bond motifs is 1. The molecule has 3 rings (SSSR count). The van der Waals surface area contributed by atoms with E-state index in [-0.39, 0.29) is 24.9 Å². The molecule has 2 aliphatic rings. The van der Waals surface area contributed by atoms with E-state index in [1.807, 2.05) is 0 Å². The lowest BCUT2D eigenvalue weighted by molar-refractivity contribution is -0.130. The molecule has 100 valence electrons. The average Bonchev–Trinajstić information content (AvgIpc) is 2.36. The Kier molecular flexibility index (Phi) is 2.66. The highest BCUT2D eigenvalue weighted by Crippen LogP contribution is 2.38. The molecule has 0 spiro atoms. The molecule has 0 unspecified atom stereocenters. The SMILES string of the molecule is Nc1cc2c(cc1N1CC(=O)NC(=O)C1)OCCO2. The van der Waals surface area contributed by atoms with Crippen LogP contribution in [-0.4, -0.2) is 38.1 Å². The summed E-state index contributed by atoms with van der Waals surface area (Å²) in [5.41, 5.74) is 7.00. The number of carbonyl (C=O) groups is 2. The van der Waals surface area contributed by atoms with Crippen molar-refractivity contribution < 1.29 is 19.1 Å². The summed E-state index contributed by atoms with van der Waals surface area (Å²) in [4.78, 5) is 24.4. The molecular formula is C12H13N3O4. The van der Waals surface area contributed by atoms with Crippen molar-refractivity contribution >= 4 is 23.2 Å². The quantitative estimate of drug-likeness (QED) is 0.524. The molecule has 3 N–H and O–H groups in total. The number of hydrogen-bond donors (Lipinski definition) is 2. The van der Waals surface area contributed by atoms with Gasteiger partial charge in [0.1, 0.15) is 13.2 Å². The van der Waals surface area contributed by atoms with Crippen LogP contribution in [0.5, 0.6) is 11.5 Å². The molecule has 0 radical (unpaired) electrons. The molecule has 0 bridgehead atoms. The minimum absolute atomic E-state index is 0.0928. The molecule has 1 aromatic rings. The molecule has 19 heavy (non-hydrogen) atoms. The van der Waals surface area contributed by atoms with Gasteiger partial charge in [-0.2, -0.15) is 0 Å². The highest BCUT2D eigenvalue weighted by molar-refractivity contribution is 6.03. The fraction of sp³-hybridized carbons (Fsp3) is 0.333. The van der Waals surface area contributed by atoms with Gasteiger partial charge in [0.15, 0.2) is 11.5 Å². The summed E-state index contributed by atoms with van der Waals surface area (Å²) in [5, 5.41) is 2.24. The van der Waals surface area contributed by atoms with Crippen molar-refractivity contribution in [3.05, 3.63) is 12.1 Å². The van der Waals surface area contributed by atoms with E-state index in [1.165, 1.54) is 0 Å². The van der Waals surface area contributed by atoms with Gasteiger partial charge in [0, 0.05) is 12.1 Å². The van der Waals surface area contributed by atoms with E-state index in [0.717, 1.165) is 0 Å². The zero-order valence-corrected chi connectivity index (χ0v) is 10.1. The van der Waals surface area contributed by atoms with E-state index < -0.39 is 0 Å². The number of piperazine rings is 1. The van der Waals surface area contributed by atoms with E-state index in [1.54, 1.807) is 17.0 Å². The summed E-state index contributed by atoms with van der Waals surface area (Å²) in [6, 6.07) is 3.36. The number of hydrogen-bond acceptors (Lipinski definition) is 6. The summed E-state index contributed by atoms with van der Waals surface area (Å²) in [7, 11) is 0. The van der Waals surface area contributed by atoms with Gasteiger partial charge in [0.2, 0.25) is 11.8 Å². The lowest BCUT2D eigenvalue weighted by Gasteiger charge is -2.29. The van der Waals surface area contributed by atoms with Gasteiger partial charge in [-0.15, -0.1) is 0 Å². The molecule has 7 heteroatoms. The molecule has 0 aliphatic carbocycles. The van der Waals surface area contributed by atoms with Crippen LogP contribution in [0.1, 0.15) is 0 Å². The van der Waals surface area contributed by atoms with E-state index in [4.69, 9.17) is 15.2 Å². The third kappa shape index (κ3) is 2.14. The van der Waals surface area contributed by atoms with Gasteiger partial charge in [-0.25, -0.2) is 0 Å². The van der Waals surface area contributed by atoms with E-state index in [2.05, 4.69) is 5.32 Å². The second-order valence-corrected chi connectivity index (χ2v) is 4.38. The summed E-state index contributed by atoms with van der Waals surface area (Å²) in [6.45, 7) is 1.14. The van der Waals surface area contributed by atoms with E-state index in [9.17, 15) is 9.59 Å². The fourth-order valence-corrected chi connectivity index (χ4v) is 2.18. The Morgan fingerprint density at radius 2 is 1.63 bits per heavy atom. The van der Waals surface area contributed by atoms with Crippen molar-refractivity contribution in [1.82, 2.24) is 5.32 Å². The number of ether oxygens (including phenoxy) is 2. The van der Waals surface area contributed by atoms with Crippen LogP contribution in [-0.2, 0) is 9.59 Å². The number of amides is 2. The number of nitrogens with two attached hydrogens (primary N) is 1. The Hall–Kier alpha value is -2.44. The third-order valence-electron chi connectivity index (χ3n) is 2.98. The number of anilines is 2. The number of carbonyl (C=O) groups excluding carboxylic acids is 2. The van der Waals surface area contributed by atoms with Gasteiger partial charge in [0.25, 0.3) is 0 Å². The summed E-state index contributed by atoms with van der Waals surface area (Å²) in [5.74, 6) is 0.477. The van der Waals surface area contributed by atoms with Crippen molar-refractivity contribution in [2.75, 3.05) is 36.9 Å². The predicted molar refractivity (Wildman–Crippen MR) is 67.2 cm³/mol. The molecule has 1 aromatic carbocycles. The first-order chi connectivity index (χ1) is 9.13. The monoisotopic (exact) mass is 263 g/mol. The normalized spacial score (nSPS) is 18.2. The second-order valence-electron chi connectivity index (χ2n) is 4.38. The highest BCUT2D eigenvalue weighted by atomic mass is 16.6. The summed E-state index contributed by atoms with van der Waals surface area (Å²) >= 11 is 0. The van der Waals surface area contributed by atoms with Gasteiger partial charge >= 0.3 is 0 Å². The van der Waals surface area contributed by atoms with E-state index >= 15 is 0 Å². The summed E-state index contributed by atoms with van der Waals surface area (Å²) in [6.07, 6.45) is 0.